The lowest BCUT2D eigenvalue weighted by Crippen LogP contribution is -2.19. The highest BCUT2D eigenvalue weighted by Crippen LogP contribution is 2.29. The van der Waals surface area contributed by atoms with Crippen molar-refractivity contribution in [1.82, 2.24) is 5.32 Å². The van der Waals surface area contributed by atoms with Crippen LogP contribution in [0.3, 0.4) is 0 Å². The van der Waals surface area contributed by atoms with Crippen molar-refractivity contribution in [2.24, 2.45) is 4.99 Å². The number of amides is 1. The molecule has 124 valence electrons. The Labute approximate surface area is 150 Å². The maximum atomic E-state index is 11.9. The third kappa shape index (κ3) is 4.49. The number of nitrogens with one attached hydrogen (secondary N) is 1. The minimum absolute atomic E-state index is 0.266. The van der Waals surface area contributed by atoms with Gasteiger partial charge >= 0.3 is 0 Å². The molecule has 0 bridgehead atoms. The lowest BCUT2D eigenvalue weighted by molar-refractivity contribution is -0.115. The minimum atomic E-state index is -0.266. The van der Waals surface area contributed by atoms with E-state index in [0.717, 1.165) is 23.7 Å². The molecule has 1 fully saturated rings. The summed E-state index contributed by atoms with van der Waals surface area (Å²) in [6, 6.07) is 17.7. The van der Waals surface area contributed by atoms with Gasteiger partial charge in [-0.15, -0.1) is 4.99 Å². The van der Waals surface area contributed by atoms with E-state index < -0.39 is 0 Å². The molecule has 1 N–H and O–H groups in total. The fraction of sp³-hybridized carbons (Fsp3) is 0.105. The number of para-hydroxylation sites is 1. The van der Waals surface area contributed by atoms with Crippen molar-refractivity contribution < 1.29 is 9.53 Å². The molecule has 1 aliphatic rings. The van der Waals surface area contributed by atoms with Crippen LogP contribution in [-0.4, -0.2) is 17.7 Å². The van der Waals surface area contributed by atoms with Crippen molar-refractivity contribution in [3.63, 3.8) is 0 Å². The second-order valence-electron chi connectivity index (χ2n) is 5.20. The number of hydrogen-bond donors (Lipinski definition) is 1. The Morgan fingerprint density at radius 2 is 1.92 bits per heavy atom. The van der Waals surface area contributed by atoms with E-state index in [9.17, 15) is 4.79 Å². The number of hydrogen-bond acceptors (Lipinski definition) is 5. The van der Waals surface area contributed by atoms with Crippen LogP contribution in [0.5, 0.6) is 5.75 Å². The number of thioether (sulfide) groups is 1. The zero-order valence-electron chi connectivity index (χ0n) is 13.3. The summed E-state index contributed by atoms with van der Waals surface area (Å²) >= 11 is 1.14. The van der Waals surface area contributed by atoms with E-state index in [4.69, 9.17) is 10.00 Å². The van der Waals surface area contributed by atoms with Crippen LogP contribution in [-0.2, 0) is 11.2 Å². The van der Waals surface area contributed by atoms with Gasteiger partial charge in [0.2, 0.25) is 6.19 Å². The average molecular weight is 349 g/mol. The maximum Gasteiger partial charge on any atom is 0.264 e. The van der Waals surface area contributed by atoms with Gasteiger partial charge < -0.3 is 4.74 Å². The topological polar surface area (TPSA) is 74.5 Å². The van der Waals surface area contributed by atoms with Crippen LogP contribution in [0.15, 0.2) is 64.5 Å². The molecule has 1 amide bonds. The number of nitrogens with zero attached hydrogens (tertiary/aromatic N) is 2. The van der Waals surface area contributed by atoms with E-state index in [-0.39, 0.29) is 5.91 Å². The smallest absolute Gasteiger partial charge is 0.264 e. The molecule has 25 heavy (non-hydrogen) atoms. The minimum Gasteiger partial charge on any atom is -0.493 e. The Bertz CT molecular complexity index is 870. The maximum absolute atomic E-state index is 11.9. The number of carbonyl (C=O) groups excluding carboxylic acids is 1. The second kappa shape index (κ2) is 8.18. The zero-order valence-corrected chi connectivity index (χ0v) is 14.1. The predicted molar refractivity (Wildman–Crippen MR) is 98.8 cm³/mol. The van der Waals surface area contributed by atoms with Gasteiger partial charge in [0, 0.05) is 12.0 Å². The largest absolute Gasteiger partial charge is 0.493 e. The first-order valence-corrected chi connectivity index (χ1v) is 8.51. The highest BCUT2D eigenvalue weighted by molar-refractivity contribution is 8.18. The Hall–Kier alpha value is -3.04. The van der Waals surface area contributed by atoms with Gasteiger partial charge in [-0.3, -0.25) is 10.1 Å². The first-order chi connectivity index (χ1) is 12.3. The molecule has 0 aromatic heterocycles. The van der Waals surface area contributed by atoms with Crippen molar-refractivity contribution in [1.29, 1.82) is 5.26 Å². The van der Waals surface area contributed by atoms with E-state index in [1.165, 1.54) is 5.56 Å². The SMILES string of the molecule is N#C/N=C1\NC(=O)/C(=C\c2ccccc2OCCc2ccccc2)S1. The Balaban J connectivity index is 1.71. The summed E-state index contributed by atoms with van der Waals surface area (Å²) in [5.41, 5.74) is 2.02. The van der Waals surface area contributed by atoms with E-state index in [0.29, 0.717) is 22.4 Å². The lowest BCUT2D eigenvalue weighted by atomic mass is 10.1. The second-order valence-corrected chi connectivity index (χ2v) is 6.23. The Morgan fingerprint density at radius 1 is 1.16 bits per heavy atom. The number of aliphatic imine (C=N–C) groups is 1. The predicted octanol–water partition coefficient (Wildman–Crippen LogP) is 3.35. The fourth-order valence-electron chi connectivity index (χ4n) is 2.32. The number of nitriles is 1. The monoisotopic (exact) mass is 349 g/mol. The highest BCUT2D eigenvalue weighted by atomic mass is 32.2. The summed E-state index contributed by atoms with van der Waals surface area (Å²) in [6.07, 6.45) is 4.22. The summed E-state index contributed by atoms with van der Waals surface area (Å²) < 4.78 is 5.89. The molecule has 2 aromatic carbocycles. The van der Waals surface area contributed by atoms with E-state index in [1.807, 2.05) is 42.5 Å². The highest BCUT2D eigenvalue weighted by Gasteiger charge is 2.24. The van der Waals surface area contributed by atoms with Gasteiger partial charge in [-0.1, -0.05) is 48.5 Å². The molecule has 5 nitrogen and oxygen atoms in total. The molecule has 6 heteroatoms. The molecule has 1 saturated heterocycles. The quantitative estimate of drug-likeness (QED) is 0.663. The van der Waals surface area contributed by atoms with E-state index in [1.54, 1.807) is 12.3 Å². The summed E-state index contributed by atoms with van der Waals surface area (Å²) in [5.74, 6) is 0.447. The Morgan fingerprint density at radius 3 is 2.72 bits per heavy atom. The number of amidine groups is 1. The molecule has 0 radical (unpaired) electrons. The van der Waals surface area contributed by atoms with E-state index in [2.05, 4.69) is 22.4 Å². The summed E-state index contributed by atoms with van der Waals surface area (Å²) in [4.78, 5) is 16.0. The molecule has 0 unspecified atom stereocenters. The number of benzene rings is 2. The van der Waals surface area contributed by atoms with Crippen molar-refractivity contribution in [3.05, 3.63) is 70.6 Å². The van der Waals surface area contributed by atoms with Gasteiger partial charge in [-0.2, -0.15) is 5.26 Å². The number of rotatable bonds is 5. The van der Waals surface area contributed by atoms with Gasteiger partial charge in [0.15, 0.2) is 5.17 Å². The van der Waals surface area contributed by atoms with Gasteiger partial charge in [0.25, 0.3) is 5.91 Å². The zero-order chi connectivity index (χ0) is 17.5. The summed E-state index contributed by atoms with van der Waals surface area (Å²) in [5, 5.41) is 11.4. The van der Waals surface area contributed by atoms with Crippen LogP contribution in [0.4, 0.5) is 0 Å². The average Bonchev–Trinajstić information content (AvgIpc) is 2.97. The molecule has 0 aliphatic carbocycles. The molecule has 1 heterocycles. The molecule has 1 aliphatic heterocycles. The van der Waals surface area contributed by atoms with Crippen LogP contribution in [0, 0.1) is 11.5 Å². The molecule has 0 saturated carbocycles. The molecular weight excluding hydrogens is 334 g/mol. The van der Waals surface area contributed by atoms with Crippen molar-refractivity contribution in [3.8, 4) is 11.9 Å². The molecular formula is C19H15N3O2S. The molecule has 0 spiro atoms. The normalized spacial score (nSPS) is 16.7. The molecule has 2 aromatic rings. The van der Waals surface area contributed by atoms with Crippen molar-refractivity contribution in [2.75, 3.05) is 6.61 Å². The van der Waals surface area contributed by atoms with Crippen molar-refractivity contribution in [2.45, 2.75) is 6.42 Å². The number of ether oxygens (including phenoxy) is 1. The van der Waals surface area contributed by atoms with Gasteiger partial charge in [-0.05, 0) is 29.5 Å². The first-order valence-electron chi connectivity index (χ1n) is 7.69. The van der Waals surface area contributed by atoms with Gasteiger partial charge in [-0.25, -0.2) is 0 Å². The van der Waals surface area contributed by atoms with Crippen LogP contribution in [0.1, 0.15) is 11.1 Å². The van der Waals surface area contributed by atoms with Crippen LogP contribution in [0.25, 0.3) is 6.08 Å². The third-order valence-electron chi connectivity index (χ3n) is 3.50. The Kier molecular flexibility index (Phi) is 5.50. The fourth-order valence-corrected chi connectivity index (χ4v) is 3.09. The summed E-state index contributed by atoms with van der Waals surface area (Å²) in [7, 11) is 0. The van der Waals surface area contributed by atoms with Gasteiger partial charge in [0.1, 0.15) is 5.75 Å². The lowest BCUT2D eigenvalue weighted by Gasteiger charge is -2.09. The standard InChI is InChI=1S/C19H15N3O2S/c20-13-21-19-22-18(23)17(25-19)12-15-8-4-5-9-16(15)24-11-10-14-6-2-1-3-7-14/h1-9,12H,10-11H2,(H,21,22,23)/b17-12+. The van der Waals surface area contributed by atoms with Crippen molar-refractivity contribution >= 4 is 28.9 Å². The third-order valence-corrected chi connectivity index (χ3v) is 4.41. The summed E-state index contributed by atoms with van der Waals surface area (Å²) in [6.45, 7) is 0.546. The number of carbonyl (C=O) groups is 1. The molecule has 0 atom stereocenters. The van der Waals surface area contributed by atoms with Crippen LogP contribution < -0.4 is 10.1 Å². The first kappa shape index (κ1) is 16.8. The van der Waals surface area contributed by atoms with Crippen LogP contribution >= 0.6 is 11.8 Å². The van der Waals surface area contributed by atoms with E-state index >= 15 is 0 Å². The van der Waals surface area contributed by atoms with Gasteiger partial charge in [0.05, 0.1) is 11.5 Å². The molecule has 3 rings (SSSR count). The van der Waals surface area contributed by atoms with Crippen LogP contribution in [0.2, 0.25) is 0 Å².